The SMILES string of the molecule is NC(=S)CCN(C(=O)c1ccoc1)C1CC1. The standard InChI is InChI=1S/C11H14N2O2S/c12-10(16)3-5-13(9-1-2-9)11(14)8-4-6-15-7-8/h4,6-7,9H,1-3,5H2,(H2,12,16). The normalized spacial score (nSPS) is 14.8. The Morgan fingerprint density at radius 2 is 2.38 bits per heavy atom. The van der Waals surface area contributed by atoms with Gasteiger partial charge in [0.2, 0.25) is 0 Å². The lowest BCUT2D eigenvalue weighted by Crippen LogP contribution is -2.35. The first-order valence-corrected chi connectivity index (χ1v) is 5.71. The van der Waals surface area contributed by atoms with E-state index in [1.54, 1.807) is 6.07 Å². The van der Waals surface area contributed by atoms with Gasteiger partial charge in [-0.2, -0.15) is 0 Å². The van der Waals surface area contributed by atoms with Crippen molar-refractivity contribution in [3.63, 3.8) is 0 Å². The lowest BCUT2D eigenvalue weighted by molar-refractivity contribution is 0.0747. The molecule has 5 heteroatoms. The summed E-state index contributed by atoms with van der Waals surface area (Å²) < 4.78 is 4.91. The highest BCUT2D eigenvalue weighted by molar-refractivity contribution is 7.80. The first kappa shape index (κ1) is 11.1. The Hall–Kier alpha value is -1.36. The van der Waals surface area contributed by atoms with E-state index in [0.717, 1.165) is 12.8 Å². The number of amides is 1. The highest BCUT2D eigenvalue weighted by Gasteiger charge is 2.33. The first-order chi connectivity index (χ1) is 7.68. The van der Waals surface area contributed by atoms with Gasteiger partial charge in [-0.1, -0.05) is 12.2 Å². The van der Waals surface area contributed by atoms with Crippen molar-refractivity contribution in [1.82, 2.24) is 4.90 Å². The zero-order valence-corrected chi connectivity index (χ0v) is 9.70. The minimum atomic E-state index is 0.00694. The molecule has 0 aromatic carbocycles. The van der Waals surface area contributed by atoms with Gasteiger partial charge in [0.1, 0.15) is 6.26 Å². The molecule has 0 spiro atoms. The van der Waals surface area contributed by atoms with Gasteiger partial charge in [-0.15, -0.1) is 0 Å². The molecule has 2 rings (SSSR count). The van der Waals surface area contributed by atoms with Crippen LogP contribution in [0.5, 0.6) is 0 Å². The number of nitrogens with zero attached hydrogens (tertiary/aromatic N) is 1. The van der Waals surface area contributed by atoms with Crippen LogP contribution in [0, 0.1) is 0 Å². The van der Waals surface area contributed by atoms with Gasteiger partial charge in [0.25, 0.3) is 5.91 Å². The molecule has 0 aliphatic heterocycles. The largest absolute Gasteiger partial charge is 0.472 e. The van der Waals surface area contributed by atoms with E-state index >= 15 is 0 Å². The molecule has 86 valence electrons. The molecule has 0 unspecified atom stereocenters. The molecular formula is C11H14N2O2S. The molecule has 4 nitrogen and oxygen atoms in total. The molecule has 1 fully saturated rings. The van der Waals surface area contributed by atoms with Crippen LogP contribution in [0.1, 0.15) is 29.6 Å². The molecule has 0 saturated heterocycles. The van der Waals surface area contributed by atoms with Crippen molar-refractivity contribution in [2.75, 3.05) is 6.54 Å². The molecule has 2 N–H and O–H groups in total. The lowest BCUT2D eigenvalue weighted by Gasteiger charge is -2.21. The fourth-order valence-corrected chi connectivity index (χ4v) is 1.71. The van der Waals surface area contributed by atoms with E-state index in [-0.39, 0.29) is 5.91 Å². The molecule has 16 heavy (non-hydrogen) atoms. The van der Waals surface area contributed by atoms with Crippen LogP contribution < -0.4 is 5.73 Å². The minimum absolute atomic E-state index is 0.00694. The fourth-order valence-electron chi connectivity index (χ4n) is 1.62. The summed E-state index contributed by atoms with van der Waals surface area (Å²) in [5, 5.41) is 0. The maximum absolute atomic E-state index is 12.1. The third-order valence-corrected chi connectivity index (χ3v) is 2.82. The van der Waals surface area contributed by atoms with Crippen molar-refractivity contribution < 1.29 is 9.21 Å². The predicted octanol–water partition coefficient (Wildman–Crippen LogP) is 1.56. The number of hydrogen-bond donors (Lipinski definition) is 1. The Bertz CT molecular complexity index is 385. The Balaban J connectivity index is 2.01. The number of thiocarbonyl (C=S) groups is 1. The fraction of sp³-hybridized carbons (Fsp3) is 0.455. The summed E-state index contributed by atoms with van der Waals surface area (Å²) in [6, 6.07) is 2.04. The van der Waals surface area contributed by atoms with Crippen LogP contribution in [0.15, 0.2) is 23.0 Å². The Morgan fingerprint density at radius 3 is 2.88 bits per heavy atom. The van der Waals surface area contributed by atoms with Crippen molar-refractivity contribution in [2.24, 2.45) is 5.73 Å². The van der Waals surface area contributed by atoms with E-state index in [2.05, 4.69) is 0 Å². The predicted molar refractivity (Wildman–Crippen MR) is 64.2 cm³/mol. The van der Waals surface area contributed by atoms with Gasteiger partial charge in [-0.25, -0.2) is 0 Å². The van der Waals surface area contributed by atoms with E-state index in [4.69, 9.17) is 22.4 Å². The zero-order chi connectivity index (χ0) is 11.5. The molecule has 0 radical (unpaired) electrons. The van der Waals surface area contributed by atoms with E-state index in [1.165, 1.54) is 12.5 Å². The molecule has 1 aromatic heterocycles. The van der Waals surface area contributed by atoms with Gasteiger partial charge in [0.05, 0.1) is 16.8 Å². The van der Waals surface area contributed by atoms with E-state index in [9.17, 15) is 4.79 Å². The quantitative estimate of drug-likeness (QED) is 0.791. The van der Waals surface area contributed by atoms with Crippen LogP contribution in [-0.2, 0) is 0 Å². The molecule has 1 aliphatic carbocycles. The van der Waals surface area contributed by atoms with Crippen molar-refractivity contribution in [3.8, 4) is 0 Å². The van der Waals surface area contributed by atoms with E-state index < -0.39 is 0 Å². The van der Waals surface area contributed by atoms with Gasteiger partial charge in [-0.05, 0) is 18.9 Å². The molecule has 0 bridgehead atoms. The monoisotopic (exact) mass is 238 g/mol. The van der Waals surface area contributed by atoms with Gasteiger partial charge in [0, 0.05) is 19.0 Å². The van der Waals surface area contributed by atoms with E-state index in [1.807, 2.05) is 4.90 Å². The Morgan fingerprint density at radius 1 is 1.62 bits per heavy atom. The van der Waals surface area contributed by atoms with Crippen LogP contribution in [0.25, 0.3) is 0 Å². The second-order valence-electron chi connectivity index (χ2n) is 3.96. The van der Waals surface area contributed by atoms with Crippen LogP contribution in [0.2, 0.25) is 0 Å². The van der Waals surface area contributed by atoms with E-state index in [0.29, 0.717) is 29.6 Å². The minimum Gasteiger partial charge on any atom is -0.472 e. The van der Waals surface area contributed by atoms with Gasteiger partial charge in [-0.3, -0.25) is 4.79 Å². The highest BCUT2D eigenvalue weighted by atomic mass is 32.1. The second-order valence-corrected chi connectivity index (χ2v) is 4.48. The van der Waals surface area contributed by atoms with Crippen LogP contribution in [-0.4, -0.2) is 28.4 Å². The Kier molecular flexibility index (Phi) is 3.24. The molecule has 1 aliphatic rings. The summed E-state index contributed by atoms with van der Waals surface area (Å²) in [5.41, 5.74) is 6.05. The summed E-state index contributed by atoms with van der Waals surface area (Å²) in [6.45, 7) is 0.601. The number of carbonyl (C=O) groups excluding carboxylic acids is 1. The second kappa shape index (κ2) is 4.65. The van der Waals surface area contributed by atoms with Crippen LogP contribution >= 0.6 is 12.2 Å². The zero-order valence-electron chi connectivity index (χ0n) is 8.89. The van der Waals surface area contributed by atoms with Crippen LogP contribution in [0.4, 0.5) is 0 Å². The molecule has 1 saturated carbocycles. The van der Waals surface area contributed by atoms with Crippen molar-refractivity contribution in [2.45, 2.75) is 25.3 Å². The van der Waals surface area contributed by atoms with Crippen molar-refractivity contribution in [3.05, 3.63) is 24.2 Å². The number of nitrogens with two attached hydrogens (primary N) is 1. The van der Waals surface area contributed by atoms with Crippen molar-refractivity contribution >= 4 is 23.1 Å². The third kappa shape index (κ3) is 2.61. The summed E-state index contributed by atoms with van der Waals surface area (Å²) in [5.74, 6) is 0.00694. The van der Waals surface area contributed by atoms with Gasteiger partial charge >= 0.3 is 0 Å². The smallest absolute Gasteiger partial charge is 0.257 e. The third-order valence-electron chi connectivity index (χ3n) is 2.62. The van der Waals surface area contributed by atoms with Crippen LogP contribution in [0.3, 0.4) is 0 Å². The number of carbonyl (C=O) groups is 1. The number of hydrogen-bond acceptors (Lipinski definition) is 3. The van der Waals surface area contributed by atoms with Crippen molar-refractivity contribution in [1.29, 1.82) is 0 Å². The summed E-state index contributed by atoms with van der Waals surface area (Å²) in [4.78, 5) is 14.4. The average molecular weight is 238 g/mol. The topological polar surface area (TPSA) is 59.5 Å². The number of rotatable bonds is 5. The molecule has 0 atom stereocenters. The first-order valence-electron chi connectivity index (χ1n) is 5.30. The van der Waals surface area contributed by atoms with Gasteiger partial charge in [0.15, 0.2) is 0 Å². The van der Waals surface area contributed by atoms with Gasteiger partial charge < -0.3 is 15.1 Å². The maximum Gasteiger partial charge on any atom is 0.257 e. The molecule has 1 aromatic rings. The molecular weight excluding hydrogens is 224 g/mol. The Labute approximate surface area is 99.4 Å². The molecule has 1 amide bonds. The maximum atomic E-state index is 12.1. The average Bonchev–Trinajstić information content (AvgIpc) is 2.93. The summed E-state index contributed by atoms with van der Waals surface area (Å²) in [6.07, 6.45) is 5.70. The summed E-state index contributed by atoms with van der Waals surface area (Å²) >= 11 is 4.83. The lowest BCUT2D eigenvalue weighted by atomic mass is 10.2. The highest BCUT2D eigenvalue weighted by Crippen LogP contribution is 2.28. The summed E-state index contributed by atoms with van der Waals surface area (Å²) in [7, 11) is 0. The number of furan rings is 1. The molecule has 1 heterocycles.